The lowest BCUT2D eigenvalue weighted by Gasteiger charge is -2.16. The molecular formula is C23H27N5O4Si. The quantitative estimate of drug-likeness (QED) is 0.200. The standard InChI is InChI=1S/C23H27N5O4Si/c1-33(2,3)13-12-32-16-27-21-9-8-19(28(30)31)14-20(21)26-22(27)10-11-23(29)25-18-6-4-17(15-24)5-7-18/h4-9,14H,10-13,16H2,1-3H3,(H,25,29). The Labute approximate surface area is 193 Å². The number of aromatic nitrogens is 2. The molecule has 0 fully saturated rings. The summed E-state index contributed by atoms with van der Waals surface area (Å²) in [6.45, 7) is 7.73. The molecule has 3 aromatic rings. The third-order valence-electron chi connectivity index (χ3n) is 5.11. The van der Waals surface area contributed by atoms with Gasteiger partial charge >= 0.3 is 0 Å². The van der Waals surface area contributed by atoms with Gasteiger partial charge < -0.3 is 14.6 Å². The molecule has 0 unspecified atom stereocenters. The van der Waals surface area contributed by atoms with Crippen LogP contribution in [0.2, 0.25) is 25.7 Å². The number of hydrogen-bond acceptors (Lipinski definition) is 6. The summed E-state index contributed by atoms with van der Waals surface area (Å²) in [4.78, 5) is 27.7. The molecule has 2 aromatic carbocycles. The molecule has 0 bridgehead atoms. The van der Waals surface area contributed by atoms with E-state index in [9.17, 15) is 14.9 Å². The van der Waals surface area contributed by atoms with E-state index in [1.165, 1.54) is 12.1 Å². The Morgan fingerprint density at radius 1 is 1.24 bits per heavy atom. The highest BCUT2D eigenvalue weighted by molar-refractivity contribution is 6.76. The Hall–Kier alpha value is -3.55. The fraction of sp³-hybridized carbons (Fsp3) is 0.348. The molecule has 0 spiro atoms. The van der Waals surface area contributed by atoms with E-state index in [0.29, 0.717) is 35.6 Å². The van der Waals surface area contributed by atoms with Crippen molar-refractivity contribution in [3.63, 3.8) is 0 Å². The van der Waals surface area contributed by atoms with Crippen molar-refractivity contribution in [2.75, 3.05) is 11.9 Å². The average molecular weight is 466 g/mol. The number of hydrogen-bond donors (Lipinski definition) is 1. The van der Waals surface area contributed by atoms with Crippen LogP contribution in [-0.4, -0.2) is 35.1 Å². The number of nitrogens with one attached hydrogen (secondary N) is 1. The van der Waals surface area contributed by atoms with Crippen LogP contribution in [0.3, 0.4) is 0 Å². The summed E-state index contributed by atoms with van der Waals surface area (Å²) < 4.78 is 7.78. The van der Waals surface area contributed by atoms with E-state index in [1.54, 1.807) is 30.3 Å². The van der Waals surface area contributed by atoms with Crippen LogP contribution < -0.4 is 5.32 Å². The van der Waals surface area contributed by atoms with Crippen molar-refractivity contribution in [1.82, 2.24) is 9.55 Å². The van der Waals surface area contributed by atoms with Crippen molar-refractivity contribution >= 4 is 36.4 Å². The summed E-state index contributed by atoms with van der Waals surface area (Å²) in [7, 11) is -1.24. The van der Waals surface area contributed by atoms with E-state index in [0.717, 1.165) is 11.6 Å². The number of aryl methyl sites for hydroxylation is 1. The Kier molecular flexibility index (Phi) is 7.58. The zero-order chi connectivity index (χ0) is 24.0. The molecule has 0 atom stereocenters. The van der Waals surface area contributed by atoms with Gasteiger partial charge in [0, 0.05) is 45.3 Å². The predicted molar refractivity (Wildman–Crippen MR) is 129 cm³/mol. The molecule has 33 heavy (non-hydrogen) atoms. The number of non-ortho nitro benzene ring substituents is 1. The first kappa shape index (κ1) is 24.1. The first-order valence-electron chi connectivity index (χ1n) is 10.7. The molecule has 0 saturated heterocycles. The predicted octanol–water partition coefficient (Wildman–Crippen LogP) is 4.70. The van der Waals surface area contributed by atoms with E-state index in [1.807, 2.05) is 10.6 Å². The molecule has 0 aliphatic heterocycles. The third-order valence-corrected chi connectivity index (χ3v) is 6.82. The largest absolute Gasteiger partial charge is 0.361 e. The second kappa shape index (κ2) is 10.4. The normalized spacial score (nSPS) is 11.3. The number of imidazole rings is 1. The number of anilines is 1. The highest BCUT2D eigenvalue weighted by Gasteiger charge is 2.17. The maximum atomic E-state index is 12.5. The van der Waals surface area contributed by atoms with E-state index < -0.39 is 13.0 Å². The molecule has 172 valence electrons. The van der Waals surface area contributed by atoms with Crippen LogP contribution in [0.15, 0.2) is 42.5 Å². The lowest BCUT2D eigenvalue weighted by atomic mass is 10.2. The summed E-state index contributed by atoms with van der Waals surface area (Å²) in [5, 5.41) is 22.8. The number of ether oxygens (including phenoxy) is 1. The van der Waals surface area contributed by atoms with Gasteiger partial charge in [-0.1, -0.05) is 19.6 Å². The fourth-order valence-electron chi connectivity index (χ4n) is 3.23. The number of benzene rings is 2. The second-order valence-corrected chi connectivity index (χ2v) is 14.6. The van der Waals surface area contributed by atoms with E-state index in [-0.39, 0.29) is 24.7 Å². The number of amides is 1. The molecule has 0 saturated carbocycles. The van der Waals surface area contributed by atoms with Gasteiger partial charge in [0.15, 0.2) is 0 Å². The molecule has 1 aromatic heterocycles. The number of nitro groups is 1. The lowest BCUT2D eigenvalue weighted by Crippen LogP contribution is -2.22. The van der Waals surface area contributed by atoms with E-state index in [4.69, 9.17) is 10.00 Å². The first-order valence-corrected chi connectivity index (χ1v) is 14.4. The second-order valence-electron chi connectivity index (χ2n) is 8.97. The van der Waals surface area contributed by atoms with Gasteiger partial charge in [-0.15, -0.1) is 0 Å². The molecule has 0 radical (unpaired) electrons. The van der Waals surface area contributed by atoms with E-state index >= 15 is 0 Å². The number of carbonyl (C=O) groups is 1. The highest BCUT2D eigenvalue weighted by Crippen LogP contribution is 2.23. The number of carbonyl (C=O) groups excluding carboxylic acids is 1. The number of nitro benzene ring substituents is 1. The average Bonchev–Trinajstić information content (AvgIpc) is 3.11. The fourth-order valence-corrected chi connectivity index (χ4v) is 3.98. The van der Waals surface area contributed by atoms with E-state index in [2.05, 4.69) is 29.9 Å². The topological polar surface area (TPSA) is 123 Å². The molecular weight excluding hydrogens is 438 g/mol. The minimum atomic E-state index is -1.24. The zero-order valence-electron chi connectivity index (χ0n) is 19.0. The maximum absolute atomic E-state index is 12.5. The zero-order valence-corrected chi connectivity index (χ0v) is 20.0. The van der Waals surface area contributed by atoms with Gasteiger partial charge in [-0.05, 0) is 36.4 Å². The summed E-state index contributed by atoms with van der Waals surface area (Å²) in [5.74, 6) is 0.442. The van der Waals surface area contributed by atoms with Gasteiger partial charge in [-0.2, -0.15) is 5.26 Å². The van der Waals surface area contributed by atoms with Gasteiger partial charge in [0.1, 0.15) is 12.6 Å². The summed E-state index contributed by atoms with van der Waals surface area (Å²) >= 11 is 0. The van der Waals surface area contributed by atoms with Crippen LogP contribution in [0.25, 0.3) is 11.0 Å². The molecule has 0 aliphatic carbocycles. The molecule has 10 heteroatoms. The summed E-state index contributed by atoms with van der Waals surface area (Å²) in [6.07, 6.45) is 0.530. The van der Waals surface area contributed by atoms with Crippen LogP contribution >= 0.6 is 0 Å². The smallest absolute Gasteiger partial charge is 0.271 e. The molecule has 3 rings (SSSR count). The van der Waals surface area contributed by atoms with Crippen molar-refractivity contribution in [2.24, 2.45) is 0 Å². The van der Waals surface area contributed by atoms with Crippen molar-refractivity contribution in [2.45, 2.75) is 45.3 Å². The van der Waals surface area contributed by atoms with Crippen molar-refractivity contribution in [3.05, 3.63) is 64.0 Å². The third kappa shape index (κ3) is 6.71. The molecule has 0 aliphatic rings. The number of nitrogens with zero attached hydrogens (tertiary/aromatic N) is 4. The Balaban J connectivity index is 1.73. The van der Waals surface area contributed by atoms with Gasteiger partial charge in [-0.25, -0.2) is 4.98 Å². The van der Waals surface area contributed by atoms with Crippen LogP contribution in [0.4, 0.5) is 11.4 Å². The minimum Gasteiger partial charge on any atom is -0.361 e. The Bertz CT molecular complexity index is 1190. The van der Waals surface area contributed by atoms with Gasteiger partial charge in [0.25, 0.3) is 5.69 Å². The minimum absolute atomic E-state index is 0.0306. The highest BCUT2D eigenvalue weighted by atomic mass is 28.3. The monoisotopic (exact) mass is 465 g/mol. The molecule has 9 nitrogen and oxygen atoms in total. The first-order chi connectivity index (χ1) is 15.7. The Morgan fingerprint density at radius 2 is 1.97 bits per heavy atom. The summed E-state index contributed by atoms with van der Waals surface area (Å²) in [5.41, 5.74) is 2.33. The van der Waals surface area contributed by atoms with Crippen LogP contribution in [0.5, 0.6) is 0 Å². The van der Waals surface area contributed by atoms with Gasteiger partial charge in [0.05, 0.1) is 27.6 Å². The number of nitriles is 1. The number of rotatable bonds is 10. The van der Waals surface area contributed by atoms with Crippen LogP contribution in [0.1, 0.15) is 17.8 Å². The van der Waals surface area contributed by atoms with Crippen molar-refractivity contribution < 1.29 is 14.5 Å². The maximum Gasteiger partial charge on any atom is 0.271 e. The molecule has 1 N–H and O–H groups in total. The van der Waals surface area contributed by atoms with Crippen molar-refractivity contribution in [1.29, 1.82) is 5.26 Å². The summed E-state index contributed by atoms with van der Waals surface area (Å²) in [6, 6.07) is 14.2. The SMILES string of the molecule is C[Si](C)(C)CCOCn1c(CCC(=O)Nc2ccc(C#N)cc2)nc2cc([N+](=O)[O-])ccc21. The van der Waals surface area contributed by atoms with Crippen molar-refractivity contribution in [3.8, 4) is 6.07 Å². The van der Waals surface area contributed by atoms with Gasteiger partial charge in [0.2, 0.25) is 5.91 Å². The van der Waals surface area contributed by atoms with Crippen LogP contribution in [-0.2, 0) is 22.7 Å². The molecule has 1 amide bonds. The van der Waals surface area contributed by atoms with Crippen LogP contribution in [0, 0.1) is 21.4 Å². The number of fused-ring (bicyclic) bond motifs is 1. The lowest BCUT2D eigenvalue weighted by molar-refractivity contribution is -0.384. The Morgan fingerprint density at radius 3 is 2.61 bits per heavy atom. The van der Waals surface area contributed by atoms with Gasteiger partial charge in [-0.3, -0.25) is 14.9 Å². The molecule has 1 heterocycles.